The standard InChI is InChI=1S/C20H25NO4.CH4O3S/c1-13-6-5-7-15(10-13)19(24)25-18-9-8-14(11-16(18)22)17(23)12-21-20(2,3)4;1-5(2,3)4/h5-11,17,21-23H,12H2,1-4H3;1H3,(H,2,3,4)/t17-;/m0./s1. The molecule has 2 aromatic rings. The molecule has 0 aromatic heterocycles. The molecule has 2 aromatic carbocycles. The summed E-state index contributed by atoms with van der Waals surface area (Å²) in [5, 5.41) is 23.5. The van der Waals surface area contributed by atoms with Crippen LogP contribution in [-0.4, -0.2) is 47.5 Å². The van der Waals surface area contributed by atoms with Crippen molar-refractivity contribution in [2.75, 3.05) is 12.8 Å². The topological polar surface area (TPSA) is 133 Å². The van der Waals surface area contributed by atoms with Crippen molar-refractivity contribution >= 4 is 16.1 Å². The molecule has 0 radical (unpaired) electrons. The van der Waals surface area contributed by atoms with E-state index >= 15 is 0 Å². The van der Waals surface area contributed by atoms with Gasteiger partial charge in [0, 0.05) is 12.1 Å². The summed E-state index contributed by atoms with van der Waals surface area (Å²) in [6, 6.07) is 11.6. The first-order chi connectivity index (χ1) is 13.7. The molecule has 0 bridgehead atoms. The molecule has 0 aliphatic heterocycles. The molecule has 1 atom stereocenters. The molecule has 0 aliphatic carbocycles. The molecule has 0 aliphatic rings. The lowest BCUT2D eigenvalue weighted by Crippen LogP contribution is -2.38. The number of rotatable bonds is 5. The first-order valence-electron chi connectivity index (χ1n) is 9.13. The fourth-order valence-corrected chi connectivity index (χ4v) is 2.28. The molecule has 4 N–H and O–H groups in total. The van der Waals surface area contributed by atoms with Crippen LogP contribution in [0.15, 0.2) is 42.5 Å². The van der Waals surface area contributed by atoms with Gasteiger partial charge in [-0.1, -0.05) is 23.8 Å². The lowest BCUT2D eigenvalue weighted by atomic mass is 10.1. The highest BCUT2D eigenvalue weighted by Crippen LogP contribution is 2.30. The molecule has 0 saturated heterocycles. The number of benzene rings is 2. The third-order valence-corrected chi connectivity index (χ3v) is 3.65. The van der Waals surface area contributed by atoms with Crippen LogP contribution in [0.3, 0.4) is 0 Å². The Balaban J connectivity index is 0.000000804. The largest absolute Gasteiger partial charge is 0.504 e. The number of carbonyl (C=O) groups excluding carboxylic acids is 1. The fourth-order valence-electron chi connectivity index (χ4n) is 2.28. The Bertz CT molecular complexity index is 958. The quantitative estimate of drug-likeness (QED) is 0.318. The van der Waals surface area contributed by atoms with Crippen LogP contribution >= 0.6 is 0 Å². The van der Waals surface area contributed by atoms with Crippen LogP contribution in [-0.2, 0) is 10.1 Å². The predicted molar refractivity (Wildman–Crippen MR) is 114 cm³/mol. The Hall–Kier alpha value is -2.46. The molecule has 0 heterocycles. The number of phenolic OH excluding ortho intramolecular Hbond substituents is 1. The highest BCUT2D eigenvalue weighted by molar-refractivity contribution is 7.85. The van der Waals surface area contributed by atoms with Crippen LogP contribution < -0.4 is 10.1 Å². The molecule has 166 valence electrons. The van der Waals surface area contributed by atoms with E-state index in [9.17, 15) is 23.4 Å². The van der Waals surface area contributed by atoms with E-state index in [1.165, 1.54) is 12.1 Å². The molecular weight excluding hydrogens is 410 g/mol. The summed E-state index contributed by atoms with van der Waals surface area (Å²) in [6.45, 7) is 8.25. The Morgan fingerprint density at radius 2 is 1.77 bits per heavy atom. The van der Waals surface area contributed by atoms with Crippen molar-refractivity contribution in [2.45, 2.75) is 39.3 Å². The molecule has 9 heteroatoms. The van der Waals surface area contributed by atoms with Gasteiger partial charge in [0.2, 0.25) is 0 Å². The molecule has 2 rings (SSSR count). The lowest BCUT2D eigenvalue weighted by molar-refractivity contribution is 0.0729. The smallest absolute Gasteiger partial charge is 0.343 e. The summed E-state index contributed by atoms with van der Waals surface area (Å²) in [5.74, 6) is -0.666. The van der Waals surface area contributed by atoms with Crippen LogP contribution in [0.4, 0.5) is 0 Å². The van der Waals surface area contributed by atoms with Gasteiger partial charge in [0.15, 0.2) is 11.5 Å². The van der Waals surface area contributed by atoms with Gasteiger partial charge in [-0.05, 0) is 57.5 Å². The first-order valence-corrected chi connectivity index (χ1v) is 11.0. The minimum absolute atomic E-state index is 0.0613. The fraction of sp³-hybridized carbons (Fsp3) is 0.381. The zero-order valence-electron chi connectivity index (χ0n) is 17.7. The number of ether oxygens (including phenoxy) is 1. The predicted octanol–water partition coefficient (Wildman–Crippen LogP) is 2.85. The number of hydrogen-bond donors (Lipinski definition) is 4. The number of aliphatic hydroxyl groups excluding tert-OH is 1. The van der Waals surface area contributed by atoms with E-state index in [0.717, 1.165) is 5.56 Å². The Labute approximate surface area is 177 Å². The molecule has 0 amide bonds. The van der Waals surface area contributed by atoms with Gasteiger partial charge >= 0.3 is 5.97 Å². The normalized spacial score (nSPS) is 12.5. The number of esters is 1. The molecular formula is C21H29NO7S. The number of carbonyl (C=O) groups is 1. The second kappa shape index (κ2) is 10.5. The van der Waals surface area contributed by atoms with Crippen LogP contribution in [0.5, 0.6) is 11.5 Å². The van der Waals surface area contributed by atoms with Crippen molar-refractivity contribution < 1.29 is 32.7 Å². The summed E-state index contributed by atoms with van der Waals surface area (Å²) in [5.41, 5.74) is 1.79. The molecule has 30 heavy (non-hydrogen) atoms. The van der Waals surface area contributed by atoms with Gasteiger partial charge in [-0.25, -0.2) is 4.79 Å². The van der Waals surface area contributed by atoms with Gasteiger partial charge in [0.05, 0.1) is 17.9 Å². The minimum Gasteiger partial charge on any atom is -0.504 e. The van der Waals surface area contributed by atoms with Crippen LogP contribution in [0.1, 0.15) is 48.4 Å². The van der Waals surface area contributed by atoms with Crippen LogP contribution in [0.25, 0.3) is 0 Å². The van der Waals surface area contributed by atoms with Gasteiger partial charge in [-0.2, -0.15) is 8.42 Å². The van der Waals surface area contributed by atoms with E-state index in [-0.39, 0.29) is 17.0 Å². The van der Waals surface area contributed by atoms with Crippen molar-refractivity contribution in [3.63, 3.8) is 0 Å². The van der Waals surface area contributed by atoms with Gasteiger partial charge in [-0.3, -0.25) is 4.55 Å². The minimum atomic E-state index is -3.67. The summed E-state index contributed by atoms with van der Waals surface area (Å²) in [4.78, 5) is 12.2. The Morgan fingerprint density at radius 1 is 1.17 bits per heavy atom. The van der Waals surface area contributed by atoms with Crippen molar-refractivity contribution in [3.05, 3.63) is 59.2 Å². The average Bonchev–Trinajstić information content (AvgIpc) is 2.59. The number of aliphatic hydroxyl groups is 1. The zero-order chi connectivity index (χ0) is 23.1. The maximum atomic E-state index is 12.2. The van der Waals surface area contributed by atoms with Crippen LogP contribution in [0, 0.1) is 6.92 Å². The third kappa shape index (κ3) is 10.4. The van der Waals surface area contributed by atoms with Crippen molar-refractivity contribution in [1.82, 2.24) is 5.32 Å². The summed E-state index contributed by atoms with van der Waals surface area (Å²) >= 11 is 0. The van der Waals surface area contributed by atoms with E-state index in [1.54, 1.807) is 24.3 Å². The number of aryl methyl sites for hydroxylation is 1. The molecule has 0 fully saturated rings. The van der Waals surface area contributed by atoms with E-state index in [1.807, 2.05) is 33.8 Å². The number of aromatic hydroxyl groups is 1. The number of β-amino-alcohol motifs (C(OH)–C–C–N with tert-alkyl or cyclic N) is 1. The monoisotopic (exact) mass is 439 g/mol. The van der Waals surface area contributed by atoms with E-state index in [2.05, 4.69) is 5.32 Å². The van der Waals surface area contributed by atoms with Gasteiger partial charge in [-0.15, -0.1) is 0 Å². The second-order valence-electron chi connectivity index (χ2n) is 7.87. The Kier molecular flexibility index (Phi) is 8.98. The molecule has 0 saturated carbocycles. The highest BCUT2D eigenvalue weighted by Gasteiger charge is 2.17. The third-order valence-electron chi connectivity index (χ3n) is 3.65. The molecule has 0 unspecified atom stereocenters. The lowest BCUT2D eigenvalue weighted by Gasteiger charge is -2.23. The second-order valence-corrected chi connectivity index (χ2v) is 9.33. The van der Waals surface area contributed by atoms with Gasteiger partial charge in [0.25, 0.3) is 10.1 Å². The van der Waals surface area contributed by atoms with Crippen molar-refractivity contribution in [1.29, 1.82) is 0 Å². The first kappa shape index (κ1) is 25.6. The summed E-state index contributed by atoms with van der Waals surface area (Å²) < 4.78 is 31.1. The van der Waals surface area contributed by atoms with E-state index in [0.29, 0.717) is 23.9 Å². The molecule has 0 spiro atoms. The summed E-state index contributed by atoms with van der Waals surface area (Å²) in [6.07, 6.45) is -0.0563. The maximum Gasteiger partial charge on any atom is 0.343 e. The van der Waals surface area contributed by atoms with E-state index < -0.39 is 22.2 Å². The van der Waals surface area contributed by atoms with Crippen molar-refractivity contribution in [3.8, 4) is 11.5 Å². The van der Waals surface area contributed by atoms with Crippen LogP contribution in [0.2, 0.25) is 0 Å². The van der Waals surface area contributed by atoms with Gasteiger partial charge in [0.1, 0.15) is 0 Å². The number of phenols is 1. The maximum absolute atomic E-state index is 12.2. The van der Waals surface area contributed by atoms with Gasteiger partial charge < -0.3 is 20.3 Å². The summed E-state index contributed by atoms with van der Waals surface area (Å²) in [7, 11) is -3.67. The Morgan fingerprint density at radius 3 is 2.27 bits per heavy atom. The zero-order valence-corrected chi connectivity index (χ0v) is 18.5. The number of nitrogens with one attached hydrogen (secondary N) is 1. The highest BCUT2D eigenvalue weighted by atomic mass is 32.2. The SMILES string of the molecule is CS(=O)(=O)O.Cc1cccc(C(=O)Oc2ccc([C@@H](O)CNC(C)(C)C)cc2O)c1. The van der Waals surface area contributed by atoms with E-state index in [4.69, 9.17) is 9.29 Å². The molecule has 8 nitrogen and oxygen atoms in total. The average molecular weight is 440 g/mol. The number of hydrogen-bond acceptors (Lipinski definition) is 7. The van der Waals surface area contributed by atoms with Crippen molar-refractivity contribution in [2.24, 2.45) is 0 Å².